The van der Waals surface area contributed by atoms with Crippen LogP contribution in [0.5, 0.6) is 17.2 Å². The number of carbonyl (C=O) groups is 1. The molecular formula is C18H21NO4. The lowest BCUT2D eigenvalue weighted by atomic mass is 10.1. The average Bonchev–Trinajstić information content (AvgIpc) is 2.58. The van der Waals surface area contributed by atoms with Crippen molar-refractivity contribution in [3.8, 4) is 17.2 Å². The first kappa shape index (κ1) is 16.7. The second kappa shape index (κ2) is 7.54. The molecule has 2 aromatic rings. The summed E-state index contributed by atoms with van der Waals surface area (Å²) in [5.41, 5.74) is 2.42. The number of hydrogen-bond acceptors (Lipinski definition) is 4. The lowest BCUT2D eigenvalue weighted by Crippen LogP contribution is -2.23. The zero-order chi connectivity index (χ0) is 16.8. The van der Waals surface area contributed by atoms with E-state index in [2.05, 4.69) is 5.32 Å². The molecule has 2 aromatic carbocycles. The first-order chi connectivity index (χ1) is 11.1. The second-order valence-electron chi connectivity index (χ2n) is 5.06. The van der Waals surface area contributed by atoms with Crippen molar-refractivity contribution in [1.29, 1.82) is 0 Å². The lowest BCUT2D eigenvalue weighted by molar-refractivity contribution is 0.0950. The van der Waals surface area contributed by atoms with Gasteiger partial charge >= 0.3 is 0 Å². The van der Waals surface area contributed by atoms with Crippen LogP contribution in [0.2, 0.25) is 0 Å². The van der Waals surface area contributed by atoms with Crippen LogP contribution in [0.15, 0.2) is 36.4 Å². The van der Waals surface area contributed by atoms with Crippen LogP contribution in [0, 0.1) is 6.92 Å². The van der Waals surface area contributed by atoms with Crippen LogP contribution < -0.4 is 19.5 Å². The fourth-order valence-electron chi connectivity index (χ4n) is 2.31. The van der Waals surface area contributed by atoms with Gasteiger partial charge in [-0.05, 0) is 19.1 Å². The van der Waals surface area contributed by atoms with Crippen molar-refractivity contribution in [2.45, 2.75) is 13.5 Å². The molecule has 122 valence electrons. The highest BCUT2D eigenvalue weighted by molar-refractivity contribution is 5.94. The van der Waals surface area contributed by atoms with E-state index in [1.165, 1.54) is 0 Å². The van der Waals surface area contributed by atoms with Crippen LogP contribution in [0.3, 0.4) is 0 Å². The van der Waals surface area contributed by atoms with E-state index < -0.39 is 0 Å². The third-order valence-corrected chi connectivity index (χ3v) is 3.52. The molecule has 2 rings (SSSR count). The van der Waals surface area contributed by atoms with Gasteiger partial charge in [-0.3, -0.25) is 4.79 Å². The lowest BCUT2D eigenvalue weighted by Gasteiger charge is -2.15. The molecule has 0 bridgehead atoms. The number of aryl methyl sites for hydroxylation is 1. The van der Waals surface area contributed by atoms with E-state index >= 15 is 0 Å². The van der Waals surface area contributed by atoms with Crippen molar-refractivity contribution in [1.82, 2.24) is 5.32 Å². The highest BCUT2D eigenvalue weighted by Crippen LogP contribution is 2.33. The minimum Gasteiger partial charge on any atom is -0.496 e. The SMILES string of the molecule is COc1cc(OC)c(CNC(=O)c2cccc(C)c2)c(OC)c1. The molecule has 5 heteroatoms. The van der Waals surface area contributed by atoms with E-state index in [1.807, 2.05) is 25.1 Å². The summed E-state index contributed by atoms with van der Waals surface area (Å²) in [6, 6.07) is 11.0. The summed E-state index contributed by atoms with van der Waals surface area (Å²) in [7, 11) is 4.72. The Labute approximate surface area is 136 Å². The Morgan fingerprint density at radius 2 is 1.65 bits per heavy atom. The van der Waals surface area contributed by atoms with Gasteiger partial charge in [0.2, 0.25) is 0 Å². The number of hydrogen-bond donors (Lipinski definition) is 1. The van der Waals surface area contributed by atoms with Gasteiger partial charge in [0.25, 0.3) is 5.91 Å². The van der Waals surface area contributed by atoms with E-state index in [4.69, 9.17) is 14.2 Å². The quantitative estimate of drug-likeness (QED) is 0.890. The van der Waals surface area contributed by atoms with Crippen molar-refractivity contribution in [2.24, 2.45) is 0 Å². The molecule has 0 fully saturated rings. The van der Waals surface area contributed by atoms with Gasteiger partial charge in [0, 0.05) is 17.7 Å². The fourth-order valence-corrected chi connectivity index (χ4v) is 2.31. The van der Waals surface area contributed by atoms with E-state index in [0.717, 1.165) is 11.1 Å². The van der Waals surface area contributed by atoms with Crippen LogP contribution in [0.4, 0.5) is 0 Å². The van der Waals surface area contributed by atoms with Gasteiger partial charge in [-0.1, -0.05) is 17.7 Å². The average molecular weight is 315 g/mol. The Balaban J connectivity index is 2.21. The van der Waals surface area contributed by atoms with Gasteiger partial charge in [0.05, 0.1) is 33.4 Å². The Kier molecular flexibility index (Phi) is 5.46. The maximum absolute atomic E-state index is 12.3. The molecule has 5 nitrogen and oxygen atoms in total. The third kappa shape index (κ3) is 3.94. The molecule has 0 saturated heterocycles. The van der Waals surface area contributed by atoms with Crippen LogP contribution in [0.25, 0.3) is 0 Å². The Morgan fingerprint density at radius 1 is 1.00 bits per heavy atom. The largest absolute Gasteiger partial charge is 0.496 e. The summed E-state index contributed by atoms with van der Waals surface area (Å²) in [5.74, 6) is 1.69. The zero-order valence-electron chi connectivity index (χ0n) is 13.8. The summed E-state index contributed by atoms with van der Waals surface area (Å²) >= 11 is 0. The molecule has 0 atom stereocenters. The summed E-state index contributed by atoms with van der Waals surface area (Å²) in [6.07, 6.45) is 0. The number of methoxy groups -OCH3 is 3. The van der Waals surface area contributed by atoms with Crippen molar-refractivity contribution >= 4 is 5.91 Å². The van der Waals surface area contributed by atoms with Crippen LogP contribution in [-0.4, -0.2) is 27.2 Å². The van der Waals surface area contributed by atoms with E-state index in [1.54, 1.807) is 39.5 Å². The number of nitrogens with one attached hydrogen (secondary N) is 1. The molecule has 0 spiro atoms. The maximum Gasteiger partial charge on any atom is 0.251 e. The van der Waals surface area contributed by atoms with Crippen molar-refractivity contribution in [2.75, 3.05) is 21.3 Å². The van der Waals surface area contributed by atoms with Crippen LogP contribution in [-0.2, 0) is 6.54 Å². The number of benzene rings is 2. The van der Waals surface area contributed by atoms with E-state index in [0.29, 0.717) is 29.4 Å². The highest BCUT2D eigenvalue weighted by atomic mass is 16.5. The summed E-state index contributed by atoms with van der Waals surface area (Å²) in [6.45, 7) is 2.25. The van der Waals surface area contributed by atoms with E-state index in [-0.39, 0.29) is 5.91 Å². The Hall–Kier alpha value is -2.69. The van der Waals surface area contributed by atoms with Crippen LogP contribution >= 0.6 is 0 Å². The van der Waals surface area contributed by atoms with Gasteiger partial charge in [-0.15, -0.1) is 0 Å². The molecule has 0 heterocycles. The van der Waals surface area contributed by atoms with Gasteiger partial charge in [0.15, 0.2) is 0 Å². The highest BCUT2D eigenvalue weighted by Gasteiger charge is 2.14. The Bertz CT molecular complexity index is 672. The molecule has 23 heavy (non-hydrogen) atoms. The molecule has 0 aromatic heterocycles. The molecule has 0 aliphatic rings. The molecule has 1 amide bonds. The minimum atomic E-state index is -0.145. The molecular weight excluding hydrogens is 294 g/mol. The second-order valence-corrected chi connectivity index (χ2v) is 5.06. The normalized spacial score (nSPS) is 10.1. The van der Waals surface area contributed by atoms with Crippen LogP contribution in [0.1, 0.15) is 21.5 Å². The van der Waals surface area contributed by atoms with Gasteiger partial charge in [0.1, 0.15) is 17.2 Å². The number of ether oxygens (including phenoxy) is 3. The van der Waals surface area contributed by atoms with Crippen molar-refractivity contribution in [3.05, 3.63) is 53.1 Å². The minimum absolute atomic E-state index is 0.145. The predicted octanol–water partition coefficient (Wildman–Crippen LogP) is 2.95. The first-order valence-electron chi connectivity index (χ1n) is 7.22. The maximum atomic E-state index is 12.3. The standard InChI is InChI=1S/C18H21NO4/c1-12-6-5-7-13(8-12)18(20)19-11-15-16(22-3)9-14(21-2)10-17(15)23-4/h5-10H,11H2,1-4H3,(H,19,20). The van der Waals surface area contributed by atoms with Gasteiger partial charge in [-0.25, -0.2) is 0 Å². The summed E-state index contributed by atoms with van der Waals surface area (Å²) < 4.78 is 16.0. The topological polar surface area (TPSA) is 56.8 Å². The van der Waals surface area contributed by atoms with Gasteiger partial charge < -0.3 is 19.5 Å². The molecule has 0 aliphatic heterocycles. The van der Waals surface area contributed by atoms with E-state index in [9.17, 15) is 4.79 Å². The third-order valence-electron chi connectivity index (χ3n) is 3.52. The fraction of sp³-hybridized carbons (Fsp3) is 0.278. The molecule has 0 aliphatic carbocycles. The molecule has 0 saturated carbocycles. The zero-order valence-corrected chi connectivity index (χ0v) is 13.8. The molecule has 0 unspecified atom stereocenters. The predicted molar refractivity (Wildman–Crippen MR) is 88.4 cm³/mol. The van der Waals surface area contributed by atoms with Gasteiger partial charge in [-0.2, -0.15) is 0 Å². The monoisotopic (exact) mass is 315 g/mol. The first-order valence-corrected chi connectivity index (χ1v) is 7.22. The molecule has 1 N–H and O–H groups in total. The summed E-state index contributed by atoms with van der Waals surface area (Å²) in [4.78, 5) is 12.3. The van der Waals surface area contributed by atoms with Crippen molar-refractivity contribution in [3.63, 3.8) is 0 Å². The Morgan fingerprint density at radius 3 is 2.17 bits per heavy atom. The molecule has 0 radical (unpaired) electrons. The summed E-state index contributed by atoms with van der Waals surface area (Å²) in [5, 5.41) is 2.89. The number of amides is 1. The number of rotatable bonds is 6. The van der Waals surface area contributed by atoms with Crippen molar-refractivity contribution < 1.29 is 19.0 Å². The smallest absolute Gasteiger partial charge is 0.251 e. The number of carbonyl (C=O) groups excluding carboxylic acids is 1.